The Balaban J connectivity index is 0.00000128. The van der Waals surface area contributed by atoms with Crippen LogP contribution in [-0.2, 0) is 16.4 Å². The smallest absolute Gasteiger partial charge is 0.157 e. The Kier molecular flexibility index (Phi) is 6.47. The zero-order chi connectivity index (χ0) is 10.9. The zero-order valence-electron chi connectivity index (χ0n) is 9.50. The van der Waals surface area contributed by atoms with E-state index in [4.69, 9.17) is 0 Å². The van der Waals surface area contributed by atoms with E-state index >= 15 is 0 Å². The van der Waals surface area contributed by atoms with Crippen molar-refractivity contribution in [3.8, 4) is 0 Å². The number of nitrogens with one attached hydrogen (secondary N) is 1. The number of sulfone groups is 1. The fourth-order valence-corrected chi connectivity index (χ4v) is 3.29. The van der Waals surface area contributed by atoms with Gasteiger partial charge in [-0.2, -0.15) is 0 Å². The van der Waals surface area contributed by atoms with Crippen LogP contribution < -0.4 is 5.32 Å². The molecule has 5 nitrogen and oxygen atoms in total. The summed E-state index contributed by atoms with van der Waals surface area (Å²) in [6, 6.07) is 0. The summed E-state index contributed by atoms with van der Waals surface area (Å²) in [6.45, 7) is 3.49. The van der Waals surface area contributed by atoms with Crippen molar-refractivity contribution in [2.45, 2.75) is 18.7 Å². The summed E-state index contributed by atoms with van der Waals surface area (Å²) in [5, 5.41) is 2.79. The Morgan fingerprint density at radius 3 is 2.76 bits per heavy atom. The molecule has 1 saturated heterocycles. The summed E-state index contributed by atoms with van der Waals surface area (Å²) < 4.78 is 25.4. The zero-order valence-corrected chi connectivity index (χ0v) is 11.9. The average molecular weight is 302 g/mol. The van der Waals surface area contributed by atoms with Crippen molar-refractivity contribution in [3.63, 3.8) is 0 Å². The molecule has 1 unspecified atom stereocenters. The van der Waals surface area contributed by atoms with Gasteiger partial charge in [-0.05, 0) is 6.92 Å². The molecule has 1 fully saturated rings. The summed E-state index contributed by atoms with van der Waals surface area (Å²) in [7, 11) is -2.93. The van der Waals surface area contributed by atoms with Crippen LogP contribution in [0.4, 0.5) is 0 Å². The van der Waals surface area contributed by atoms with Crippen molar-refractivity contribution in [1.82, 2.24) is 14.9 Å². The van der Waals surface area contributed by atoms with Crippen LogP contribution in [0.5, 0.6) is 0 Å². The lowest BCUT2D eigenvalue weighted by Gasteiger charge is -2.23. The highest BCUT2D eigenvalue weighted by Gasteiger charge is 2.28. The maximum atomic E-state index is 11.7. The number of aromatic nitrogens is 2. The Morgan fingerprint density at radius 1 is 1.53 bits per heavy atom. The van der Waals surface area contributed by atoms with Crippen LogP contribution in [0.2, 0.25) is 0 Å². The molecule has 1 aromatic heterocycles. The molecule has 0 radical (unpaired) electrons. The van der Waals surface area contributed by atoms with Gasteiger partial charge in [-0.3, -0.25) is 0 Å². The number of hydrogen-bond donors (Lipinski definition) is 1. The molecule has 1 aromatic rings. The fourth-order valence-electron chi connectivity index (χ4n) is 1.77. The standard InChI is InChI=1S/C9H15N3O2S.2ClH/c1-8-11-2-4-12(8)7-9-6-10-3-5-15(9,13)14;;/h2,4,9-10H,3,5-7H2,1H3;2*1H. The number of aryl methyl sites for hydroxylation is 1. The van der Waals surface area contributed by atoms with Crippen molar-refractivity contribution >= 4 is 34.7 Å². The second kappa shape index (κ2) is 6.58. The molecule has 0 spiro atoms. The highest BCUT2D eigenvalue weighted by atomic mass is 35.5. The van der Waals surface area contributed by atoms with E-state index in [0.717, 1.165) is 5.82 Å². The Bertz CT molecular complexity index is 447. The van der Waals surface area contributed by atoms with Crippen LogP contribution in [-0.4, -0.2) is 42.1 Å². The molecule has 17 heavy (non-hydrogen) atoms. The van der Waals surface area contributed by atoms with E-state index in [9.17, 15) is 8.42 Å². The highest BCUT2D eigenvalue weighted by Crippen LogP contribution is 2.10. The van der Waals surface area contributed by atoms with Crippen molar-refractivity contribution in [3.05, 3.63) is 18.2 Å². The molecular formula is C9H17Cl2N3O2S. The van der Waals surface area contributed by atoms with E-state index in [0.29, 0.717) is 19.6 Å². The molecule has 1 aliphatic heterocycles. The maximum absolute atomic E-state index is 11.7. The molecule has 100 valence electrons. The molecule has 1 N–H and O–H groups in total. The van der Waals surface area contributed by atoms with Crippen LogP contribution in [0.1, 0.15) is 5.82 Å². The quantitative estimate of drug-likeness (QED) is 0.860. The third kappa shape index (κ3) is 3.84. The van der Waals surface area contributed by atoms with Crippen LogP contribution in [0.15, 0.2) is 12.4 Å². The predicted octanol–water partition coefficient (Wildman–Crippen LogP) is 0.422. The van der Waals surface area contributed by atoms with Gasteiger partial charge in [0.1, 0.15) is 5.82 Å². The lowest BCUT2D eigenvalue weighted by Crippen LogP contribution is -2.46. The minimum Gasteiger partial charge on any atom is -0.334 e. The number of nitrogens with zero attached hydrogens (tertiary/aromatic N) is 2. The second-order valence-electron chi connectivity index (χ2n) is 3.82. The highest BCUT2D eigenvalue weighted by molar-refractivity contribution is 7.92. The second-order valence-corrected chi connectivity index (χ2v) is 6.22. The number of halogens is 2. The molecular weight excluding hydrogens is 285 g/mol. The first kappa shape index (κ1) is 16.7. The van der Waals surface area contributed by atoms with Gasteiger partial charge in [-0.15, -0.1) is 24.8 Å². The molecule has 8 heteroatoms. The van der Waals surface area contributed by atoms with Crippen LogP contribution >= 0.6 is 24.8 Å². The topological polar surface area (TPSA) is 64.0 Å². The molecule has 0 bridgehead atoms. The first-order chi connectivity index (χ1) is 7.09. The van der Waals surface area contributed by atoms with Crippen molar-refractivity contribution < 1.29 is 8.42 Å². The van der Waals surface area contributed by atoms with Crippen LogP contribution in [0, 0.1) is 6.92 Å². The molecule has 0 aromatic carbocycles. The molecule has 2 rings (SSSR count). The van der Waals surface area contributed by atoms with E-state index in [1.54, 1.807) is 6.20 Å². The van der Waals surface area contributed by atoms with Crippen molar-refractivity contribution in [2.24, 2.45) is 0 Å². The summed E-state index contributed by atoms with van der Waals surface area (Å²) in [4.78, 5) is 4.08. The maximum Gasteiger partial charge on any atom is 0.157 e. The lowest BCUT2D eigenvalue weighted by atomic mass is 10.4. The number of rotatable bonds is 2. The van der Waals surface area contributed by atoms with E-state index in [1.807, 2.05) is 17.7 Å². The van der Waals surface area contributed by atoms with Gasteiger partial charge in [0.2, 0.25) is 0 Å². The van der Waals surface area contributed by atoms with Crippen LogP contribution in [0.25, 0.3) is 0 Å². The van der Waals surface area contributed by atoms with Crippen molar-refractivity contribution in [2.75, 3.05) is 18.8 Å². The van der Waals surface area contributed by atoms with E-state index < -0.39 is 9.84 Å². The monoisotopic (exact) mass is 301 g/mol. The van der Waals surface area contributed by atoms with Crippen molar-refractivity contribution in [1.29, 1.82) is 0 Å². The van der Waals surface area contributed by atoms with E-state index in [2.05, 4.69) is 10.3 Å². The first-order valence-corrected chi connectivity index (χ1v) is 6.71. The molecule has 0 aliphatic carbocycles. The Hall–Kier alpha value is -0.300. The number of imidazole rings is 1. The summed E-state index contributed by atoms with van der Waals surface area (Å²) >= 11 is 0. The fraction of sp³-hybridized carbons (Fsp3) is 0.667. The van der Waals surface area contributed by atoms with Gasteiger partial charge in [0.25, 0.3) is 0 Å². The third-order valence-electron chi connectivity index (χ3n) is 2.77. The molecule has 0 saturated carbocycles. The molecule has 1 aliphatic rings. The van der Waals surface area contributed by atoms with Gasteiger partial charge in [0, 0.05) is 32.0 Å². The van der Waals surface area contributed by atoms with Gasteiger partial charge >= 0.3 is 0 Å². The molecule has 1 atom stereocenters. The third-order valence-corrected chi connectivity index (χ3v) is 4.87. The van der Waals surface area contributed by atoms with Gasteiger partial charge in [-0.25, -0.2) is 13.4 Å². The van der Waals surface area contributed by atoms with E-state index in [-0.39, 0.29) is 35.8 Å². The lowest BCUT2D eigenvalue weighted by molar-refractivity contribution is 0.513. The van der Waals surface area contributed by atoms with Gasteiger partial charge in [0.15, 0.2) is 9.84 Å². The summed E-state index contributed by atoms with van der Waals surface area (Å²) in [6.07, 6.45) is 3.51. The van der Waals surface area contributed by atoms with Gasteiger partial charge in [0.05, 0.1) is 11.0 Å². The average Bonchev–Trinajstić information content (AvgIpc) is 2.56. The van der Waals surface area contributed by atoms with E-state index in [1.165, 1.54) is 0 Å². The largest absolute Gasteiger partial charge is 0.334 e. The minimum atomic E-state index is -2.93. The Labute approximate surface area is 114 Å². The Morgan fingerprint density at radius 2 is 2.24 bits per heavy atom. The SMILES string of the molecule is Cc1nccn1CC1CNCCS1(=O)=O.Cl.Cl. The van der Waals surface area contributed by atoms with Gasteiger partial charge < -0.3 is 9.88 Å². The summed E-state index contributed by atoms with van der Waals surface area (Å²) in [5.41, 5.74) is 0. The molecule has 2 heterocycles. The first-order valence-electron chi connectivity index (χ1n) is 4.99. The van der Waals surface area contributed by atoms with Gasteiger partial charge in [-0.1, -0.05) is 0 Å². The predicted molar refractivity (Wildman–Crippen MR) is 71.9 cm³/mol. The minimum absolute atomic E-state index is 0. The van der Waals surface area contributed by atoms with Crippen LogP contribution in [0.3, 0.4) is 0 Å². The number of hydrogen-bond acceptors (Lipinski definition) is 4. The molecule has 0 amide bonds. The normalized spacial score (nSPS) is 22.3. The summed E-state index contributed by atoms with van der Waals surface area (Å²) in [5.74, 6) is 1.10.